The van der Waals surface area contributed by atoms with Crippen molar-refractivity contribution in [2.75, 3.05) is 0 Å². The number of nitrogens with zero attached hydrogens (tertiary/aromatic N) is 1. The summed E-state index contributed by atoms with van der Waals surface area (Å²) in [5, 5.41) is 5.44. The van der Waals surface area contributed by atoms with E-state index in [0.717, 1.165) is 18.2 Å². The van der Waals surface area contributed by atoms with Gasteiger partial charge in [0.05, 0.1) is 11.1 Å². The molecule has 1 aromatic carbocycles. The van der Waals surface area contributed by atoms with Crippen LogP contribution in [0.5, 0.6) is 0 Å². The Balaban J connectivity index is 2.58. The van der Waals surface area contributed by atoms with E-state index < -0.39 is 23.9 Å². The molecule has 0 saturated carbocycles. The van der Waals surface area contributed by atoms with E-state index in [0.29, 0.717) is 0 Å². The number of hydrogen-bond donors (Lipinski definition) is 1. The Labute approximate surface area is 86.1 Å². The van der Waals surface area contributed by atoms with Crippen LogP contribution in [-0.4, -0.2) is 10.2 Å². The zero-order valence-electron chi connectivity index (χ0n) is 7.65. The first-order chi connectivity index (χ1) is 7.39. The first-order valence-electron chi connectivity index (χ1n) is 4.23. The van der Waals surface area contributed by atoms with Crippen LogP contribution in [0.25, 0.3) is 10.9 Å². The van der Waals surface area contributed by atoms with E-state index in [9.17, 15) is 22.0 Å². The number of hydrogen-bond acceptors (Lipinski definition) is 1. The molecule has 1 aromatic heterocycles. The molecular weight excluding hydrogens is 231 g/mol. The van der Waals surface area contributed by atoms with Gasteiger partial charge >= 0.3 is 6.18 Å². The van der Waals surface area contributed by atoms with E-state index in [1.54, 1.807) is 0 Å². The Morgan fingerprint density at radius 3 is 2.44 bits per heavy atom. The van der Waals surface area contributed by atoms with Crippen molar-refractivity contribution < 1.29 is 22.0 Å². The summed E-state index contributed by atoms with van der Waals surface area (Å²) in [7, 11) is 0. The third-order valence-corrected chi connectivity index (χ3v) is 2.13. The molecule has 7 heteroatoms. The predicted molar refractivity (Wildman–Crippen MR) is 46.1 cm³/mol. The fourth-order valence-electron chi connectivity index (χ4n) is 1.38. The first-order valence-corrected chi connectivity index (χ1v) is 4.23. The lowest BCUT2D eigenvalue weighted by Gasteiger charge is -2.05. The molecule has 0 aliphatic heterocycles. The largest absolute Gasteiger partial charge is 0.416 e. The number of benzene rings is 1. The molecule has 16 heavy (non-hydrogen) atoms. The number of halogens is 5. The summed E-state index contributed by atoms with van der Waals surface area (Å²) >= 11 is 0. The van der Waals surface area contributed by atoms with Crippen molar-refractivity contribution in [3.8, 4) is 0 Å². The van der Waals surface area contributed by atoms with E-state index in [-0.39, 0.29) is 10.9 Å². The highest BCUT2D eigenvalue weighted by Crippen LogP contribution is 2.33. The summed E-state index contributed by atoms with van der Waals surface area (Å²) in [6, 6.07) is 2.48. The smallest absolute Gasteiger partial charge is 0.276 e. The van der Waals surface area contributed by atoms with Gasteiger partial charge in [0.25, 0.3) is 6.43 Å². The van der Waals surface area contributed by atoms with E-state index >= 15 is 0 Å². The molecule has 0 fully saturated rings. The summed E-state index contributed by atoms with van der Waals surface area (Å²) in [5.74, 6) is 0. The lowest BCUT2D eigenvalue weighted by atomic mass is 10.1. The van der Waals surface area contributed by atoms with Gasteiger partial charge in [-0.15, -0.1) is 0 Å². The number of rotatable bonds is 1. The molecule has 2 nitrogen and oxygen atoms in total. The minimum absolute atomic E-state index is 0.00278. The molecule has 2 aromatic rings. The van der Waals surface area contributed by atoms with Crippen molar-refractivity contribution in [2.45, 2.75) is 12.6 Å². The van der Waals surface area contributed by atoms with Crippen molar-refractivity contribution in [1.82, 2.24) is 10.2 Å². The van der Waals surface area contributed by atoms with Gasteiger partial charge in [0, 0.05) is 5.39 Å². The minimum Gasteiger partial charge on any atom is -0.276 e. The second kappa shape index (κ2) is 3.43. The normalized spacial score (nSPS) is 12.6. The third kappa shape index (κ3) is 1.72. The van der Waals surface area contributed by atoms with E-state index in [1.165, 1.54) is 0 Å². The van der Waals surface area contributed by atoms with Crippen LogP contribution in [-0.2, 0) is 6.18 Å². The van der Waals surface area contributed by atoms with Crippen LogP contribution in [0.1, 0.15) is 17.7 Å². The van der Waals surface area contributed by atoms with E-state index in [4.69, 9.17) is 0 Å². The Bertz CT molecular complexity index is 514. The summed E-state index contributed by atoms with van der Waals surface area (Å²) in [4.78, 5) is 0. The number of alkyl halides is 5. The van der Waals surface area contributed by atoms with Crippen LogP contribution in [0.4, 0.5) is 22.0 Å². The maximum Gasteiger partial charge on any atom is 0.416 e. The summed E-state index contributed by atoms with van der Waals surface area (Å²) in [6.07, 6.45) is -7.29. The number of nitrogens with one attached hydrogen (secondary N) is 1. The number of H-pyrrole nitrogens is 1. The topological polar surface area (TPSA) is 28.7 Å². The van der Waals surface area contributed by atoms with Crippen molar-refractivity contribution in [3.05, 3.63) is 29.5 Å². The van der Waals surface area contributed by atoms with E-state index in [2.05, 4.69) is 5.10 Å². The van der Waals surface area contributed by atoms with Crippen molar-refractivity contribution >= 4 is 10.9 Å². The molecule has 1 heterocycles. The van der Waals surface area contributed by atoms with E-state index in [1.807, 2.05) is 5.10 Å². The van der Waals surface area contributed by atoms with Crippen LogP contribution in [0.3, 0.4) is 0 Å². The van der Waals surface area contributed by atoms with Crippen LogP contribution >= 0.6 is 0 Å². The molecule has 0 spiro atoms. The van der Waals surface area contributed by atoms with Crippen molar-refractivity contribution in [1.29, 1.82) is 0 Å². The highest BCUT2D eigenvalue weighted by molar-refractivity contribution is 5.82. The molecule has 0 radical (unpaired) electrons. The second-order valence-electron chi connectivity index (χ2n) is 3.17. The Kier molecular flexibility index (Phi) is 2.32. The summed E-state index contributed by atoms with van der Waals surface area (Å²) in [6.45, 7) is 0. The highest BCUT2D eigenvalue weighted by Gasteiger charge is 2.31. The first kappa shape index (κ1) is 10.8. The molecule has 0 atom stereocenters. The predicted octanol–water partition coefficient (Wildman–Crippen LogP) is 3.52. The quantitative estimate of drug-likeness (QED) is 0.754. The van der Waals surface area contributed by atoms with Crippen LogP contribution in [0.15, 0.2) is 18.2 Å². The molecular formula is C9H5F5N2. The lowest BCUT2D eigenvalue weighted by molar-refractivity contribution is -0.137. The SMILES string of the molecule is FC(F)c1[nH]nc2cc(C(F)(F)F)ccc12. The van der Waals surface area contributed by atoms with Gasteiger partial charge in [0.1, 0.15) is 5.69 Å². The van der Waals surface area contributed by atoms with Gasteiger partial charge in [-0.3, -0.25) is 5.10 Å². The number of fused-ring (bicyclic) bond motifs is 1. The zero-order valence-corrected chi connectivity index (χ0v) is 7.65. The summed E-state index contributed by atoms with van der Waals surface area (Å²) < 4.78 is 61.6. The van der Waals surface area contributed by atoms with Crippen molar-refractivity contribution in [2.24, 2.45) is 0 Å². The molecule has 0 aliphatic carbocycles. The average Bonchev–Trinajstić information content (AvgIpc) is 2.58. The van der Waals surface area contributed by atoms with Gasteiger partial charge in [0.2, 0.25) is 0 Å². The monoisotopic (exact) mass is 236 g/mol. The van der Waals surface area contributed by atoms with Gasteiger partial charge in [-0.2, -0.15) is 18.3 Å². The fourth-order valence-corrected chi connectivity index (χ4v) is 1.38. The molecule has 0 saturated heterocycles. The Hall–Kier alpha value is -1.66. The molecule has 86 valence electrons. The highest BCUT2D eigenvalue weighted by atomic mass is 19.4. The van der Waals surface area contributed by atoms with Gasteiger partial charge in [0.15, 0.2) is 0 Å². The molecule has 2 rings (SSSR count). The standard InChI is InChI=1S/C9H5F5N2/c10-8(11)7-5-2-1-4(9(12,13)14)3-6(5)15-16-7/h1-3,8H,(H,15,16). The fraction of sp³-hybridized carbons (Fsp3) is 0.222. The van der Waals surface area contributed by atoms with Gasteiger partial charge in [-0.05, 0) is 12.1 Å². The number of aromatic amines is 1. The summed E-state index contributed by atoms with van der Waals surface area (Å²) in [5.41, 5.74) is -1.50. The third-order valence-electron chi connectivity index (χ3n) is 2.13. The van der Waals surface area contributed by atoms with Crippen LogP contribution in [0.2, 0.25) is 0 Å². The molecule has 0 amide bonds. The van der Waals surface area contributed by atoms with Gasteiger partial charge in [-0.1, -0.05) is 6.07 Å². The van der Waals surface area contributed by atoms with Gasteiger partial charge < -0.3 is 0 Å². The van der Waals surface area contributed by atoms with Crippen molar-refractivity contribution in [3.63, 3.8) is 0 Å². The van der Waals surface area contributed by atoms with Gasteiger partial charge in [-0.25, -0.2) is 8.78 Å². The Morgan fingerprint density at radius 2 is 1.88 bits per heavy atom. The Morgan fingerprint density at radius 1 is 1.19 bits per heavy atom. The van der Waals surface area contributed by atoms with Crippen LogP contribution in [0, 0.1) is 0 Å². The minimum atomic E-state index is -4.50. The molecule has 0 aliphatic rings. The second-order valence-corrected chi connectivity index (χ2v) is 3.17. The molecule has 0 bridgehead atoms. The number of aromatic nitrogens is 2. The van der Waals surface area contributed by atoms with Crippen LogP contribution < -0.4 is 0 Å². The maximum absolute atomic E-state index is 12.4. The zero-order chi connectivity index (χ0) is 11.9. The average molecular weight is 236 g/mol. The molecule has 0 unspecified atom stereocenters. The molecule has 1 N–H and O–H groups in total. The lowest BCUT2D eigenvalue weighted by Crippen LogP contribution is -2.04. The maximum atomic E-state index is 12.4.